The van der Waals surface area contributed by atoms with Crippen LogP contribution in [0.1, 0.15) is 25.0 Å². The lowest BCUT2D eigenvalue weighted by Gasteiger charge is -2.19. The molecule has 5 heteroatoms. The molecule has 0 aliphatic carbocycles. The van der Waals surface area contributed by atoms with Crippen molar-refractivity contribution in [2.24, 2.45) is 0 Å². The maximum absolute atomic E-state index is 12.6. The van der Waals surface area contributed by atoms with E-state index in [2.05, 4.69) is 20.8 Å². The Hall–Kier alpha value is -0.550. The second kappa shape index (κ2) is 5.87. The third kappa shape index (κ3) is 4.32. The molecule has 1 rings (SSSR count). The van der Waals surface area contributed by atoms with Gasteiger partial charge in [0.2, 0.25) is 0 Å². The summed E-state index contributed by atoms with van der Waals surface area (Å²) >= 11 is 3.12. The second-order valence-corrected chi connectivity index (χ2v) is 4.72. The maximum Gasteiger partial charge on any atom is 0.416 e. The third-order valence-corrected chi connectivity index (χ3v) is 3.04. The summed E-state index contributed by atoms with van der Waals surface area (Å²) < 4.78 is 38.3. The van der Waals surface area contributed by atoms with E-state index < -0.39 is 11.7 Å². The Kier molecular flexibility index (Phi) is 5.01. The molecule has 0 aliphatic heterocycles. The normalized spacial score (nSPS) is 12.2. The van der Waals surface area contributed by atoms with Gasteiger partial charge in [-0.15, -0.1) is 0 Å². The number of hydrogen-bond acceptors (Lipinski definition) is 1. The van der Waals surface area contributed by atoms with E-state index in [1.807, 2.05) is 13.8 Å². The Morgan fingerprint density at radius 2 is 1.71 bits per heavy atom. The molecule has 0 radical (unpaired) electrons. The average molecular weight is 310 g/mol. The lowest BCUT2D eigenvalue weighted by molar-refractivity contribution is -0.137. The van der Waals surface area contributed by atoms with Crippen molar-refractivity contribution in [2.75, 3.05) is 13.1 Å². The van der Waals surface area contributed by atoms with Gasteiger partial charge in [0.1, 0.15) is 0 Å². The first-order chi connectivity index (χ1) is 7.86. The van der Waals surface area contributed by atoms with Crippen LogP contribution in [0.5, 0.6) is 0 Å². The van der Waals surface area contributed by atoms with Crippen LogP contribution in [0.15, 0.2) is 22.7 Å². The van der Waals surface area contributed by atoms with E-state index in [-0.39, 0.29) is 0 Å². The van der Waals surface area contributed by atoms with Crippen molar-refractivity contribution in [1.29, 1.82) is 0 Å². The molecule has 1 aromatic rings. The van der Waals surface area contributed by atoms with Gasteiger partial charge in [-0.3, -0.25) is 4.90 Å². The van der Waals surface area contributed by atoms with Crippen molar-refractivity contribution in [3.05, 3.63) is 33.8 Å². The Morgan fingerprint density at radius 1 is 1.12 bits per heavy atom. The van der Waals surface area contributed by atoms with Crippen molar-refractivity contribution in [3.8, 4) is 0 Å². The molecule has 0 N–H and O–H groups in total. The number of rotatable bonds is 4. The van der Waals surface area contributed by atoms with Crippen LogP contribution in [0.3, 0.4) is 0 Å². The first-order valence-corrected chi connectivity index (χ1v) is 6.25. The van der Waals surface area contributed by atoms with E-state index in [0.717, 1.165) is 19.2 Å². The highest BCUT2D eigenvalue weighted by Crippen LogP contribution is 2.32. The fourth-order valence-corrected chi connectivity index (χ4v) is 2.15. The number of alkyl halides is 3. The van der Waals surface area contributed by atoms with Crippen LogP contribution in [-0.2, 0) is 12.7 Å². The number of halogens is 4. The number of nitrogens with zero attached hydrogens (tertiary/aromatic N) is 1. The first-order valence-electron chi connectivity index (χ1n) is 5.45. The van der Waals surface area contributed by atoms with E-state index in [9.17, 15) is 13.2 Å². The molecule has 17 heavy (non-hydrogen) atoms. The summed E-state index contributed by atoms with van der Waals surface area (Å²) in [5, 5.41) is 0. The van der Waals surface area contributed by atoms with Crippen LogP contribution >= 0.6 is 15.9 Å². The van der Waals surface area contributed by atoms with Gasteiger partial charge < -0.3 is 0 Å². The fraction of sp³-hybridized carbons (Fsp3) is 0.500. The number of hydrogen-bond donors (Lipinski definition) is 0. The summed E-state index contributed by atoms with van der Waals surface area (Å²) in [7, 11) is 0. The van der Waals surface area contributed by atoms with E-state index in [0.29, 0.717) is 16.6 Å². The van der Waals surface area contributed by atoms with E-state index >= 15 is 0 Å². The van der Waals surface area contributed by atoms with Crippen molar-refractivity contribution in [1.82, 2.24) is 4.90 Å². The lowest BCUT2D eigenvalue weighted by Crippen LogP contribution is -2.22. The molecule has 1 nitrogen and oxygen atoms in total. The zero-order chi connectivity index (χ0) is 13.1. The largest absolute Gasteiger partial charge is 0.416 e. The molecule has 0 spiro atoms. The Bertz CT molecular complexity index is 373. The summed E-state index contributed by atoms with van der Waals surface area (Å²) in [5.74, 6) is 0. The summed E-state index contributed by atoms with van der Waals surface area (Å²) in [6.07, 6.45) is -4.29. The summed E-state index contributed by atoms with van der Waals surface area (Å²) in [5.41, 5.74) is 0.0735. The summed E-state index contributed by atoms with van der Waals surface area (Å²) in [6, 6.07) is 4.04. The van der Waals surface area contributed by atoms with Crippen LogP contribution < -0.4 is 0 Å². The van der Waals surface area contributed by atoms with Gasteiger partial charge in [-0.25, -0.2) is 0 Å². The predicted octanol–water partition coefficient (Wildman–Crippen LogP) is 4.31. The van der Waals surface area contributed by atoms with Gasteiger partial charge in [-0.05, 0) is 36.9 Å². The van der Waals surface area contributed by atoms with Gasteiger partial charge in [-0.1, -0.05) is 29.8 Å². The smallest absolute Gasteiger partial charge is 0.300 e. The van der Waals surface area contributed by atoms with E-state index in [1.165, 1.54) is 6.07 Å². The molecule has 0 aromatic heterocycles. The summed E-state index contributed by atoms with van der Waals surface area (Å²) in [6.45, 7) is 6.17. The minimum Gasteiger partial charge on any atom is -0.300 e. The molecule has 0 heterocycles. The topological polar surface area (TPSA) is 3.24 Å². The van der Waals surface area contributed by atoms with Crippen molar-refractivity contribution in [3.63, 3.8) is 0 Å². The Labute approximate surface area is 108 Å². The molecule has 96 valence electrons. The highest BCUT2D eigenvalue weighted by atomic mass is 79.9. The molecule has 0 aliphatic rings. The van der Waals surface area contributed by atoms with Crippen LogP contribution in [-0.4, -0.2) is 18.0 Å². The molecule has 1 aromatic carbocycles. The standard InChI is InChI=1S/C12H15BrF3N/c1-3-17(4-2)8-9-5-10(12(14,15)16)7-11(13)6-9/h5-7H,3-4,8H2,1-2H3. The van der Waals surface area contributed by atoms with Crippen molar-refractivity contribution in [2.45, 2.75) is 26.6 Å². The molecular weight excluding hydrogens is 295 g/mol. The fourth-order valence-electron chi connectivity index (χ4n) is 1.61. The van der Waals surface area contributed by atoms with Gasteiger partial charge in [0.15, 0.2) is 0 Å². The predicted molar refractivity (Wildman–Crippen MR) is 65.8 cm³/mol. The van der Waals surface area contributed by atoms with Gasteiger partial charge in [0.05, 0.1) is 5.56 Å². The third-order valence-electron chi connectivity index (χ3n) is 2.59. The van der Waals surface area contributed by atoms with Crippen LogP contribution in [0.25, 0.3) is 0 Å². The minimum atomic E-state index is -4.29. The van der Waals surface area contributed by atoms with Crippen molar-refractivity contribution >= 4 is 15.9 Å². The highest BCUT2D eigenvalue weighted by Gasteiger charge is 2.31. The molecular formula is C12H15BrF3N. The van der Waals surface area contributed by atoms with Crippen LogP contribution in [0.4, 0.5) is 13.2 Å². The lowest BCUT2D eigenvalue weighted by atomic mass is 10.1. The van der Waals surface area contributed by atoms with Gasteiger partial charge >= 0.3 is 6.18 Å². The monoisotopic (exact) mass is 309 g/mol. The zero-order valence-corrected chi connectivity index (χ0v) is 11.4. The average Bonchev–Trinajstić information content (AvgIpc) is 2.24. The molecule has 0 atom stereocenters. The molecule has 0 bridgehead atoms. The molecule has 0 unspecified atom stereocenters. The number of benzene rings is 1. The zero-order valence-electron chi connectivity index (χ0n) is 9.81. The second-order valence-electron chi connectivity index (χ2n) is 3.81. The van der Waals surface area contributed by atoms with Crippen LogP contribution in [0, 0.1) is 0 Å². The minimum absolute atomic E-state index is 0.467. The Balaban J connectivity index is 2.97. The SMILES string of the molecule is CCN(CC)Cc1cc(Br)cc(C(F)(F)F)c1. The molecule has 0 amide bonds. The molecule has 0 fully saturated rings. The van der Waals surface area contributed by atoms with Crippen LogP contribution in [0.2, 0.25) is 0 Å². The Morgan fingerprint density at radius 3 is 2.18 bits per heavy atom. The highest BCUT2D eigenvalue weighted by molar-refractivity contribution is 9.10. The van der Waals surface area contributed by atoms with E-state index in [1.54, 1.807) is 6.07 Å². The quantitative estimate of drug-likeness (QED) is 0.801. The van der Waals surface area contributed by atoms with Gasteiger partial charge in [-0.2, -0.15) is 13.2 Å². The van der Waals surface area contributed by atoms with E-state index in [4.69, 9.17) is 0 Å². The van der Waals surface area contributed by atoms with Gasteiger partial charge in [0.25, 0.3) is 0 Å². The maximum atomic E-state index is 12.6. The molecule has 0 saturated carbocycles. The first kappa shape index (κ1) is 14.5. The summed E-state index contributed by atoms with van der Waals surface area (Å²) in [4.78, 5) is 2.07. The van der Waals surface area contributed by atoms with Crippen molar-refractivity contribution < 1.29 is 13.2 Å². The molecule has 0 saturated heterocycles. The van der Waals surface area contributed by atoms with Gasteiger partial charge in [0, 0.05) is 11.0 Å².